The van der Waals surface area contributed by atoms with E-state index in [-0.39, 0.29) is 13.1 Å². The number of halogens is 3. The highest BCUT2D eigenvalue weighted by Gasteiger charge is 2.34. The van der Waals surface area contributed by atoms with Crippen LogP contribution in [0.3, 0.4) is 0 Å². The number of carbonyl (C=O) groups is 2. The van der Waals surface area contributed by atoms with Gasteiger partial charge in [-0.2, -0.15) is 18.3 Å². The van der Waals surface area contributed by atoms with Gasteiger partial charge in [0.05, 0.1) is 0 Å². The van der Waals surface area contributed by atoms with Gasteiger partial charge in [-0.05, 0) is 19.4 Å². The fourth-order valence-corrected chi connectivity index (χ4v) is 1.43. The Balaban J connectivity index is 2.48. The molecule has 0 atom stereocenters. The van der Waals surface area contributed by atoms with Crippen molar-refractivity contribution in [3.8, 4) is 0 Å². The van der Waals surface area contributed by atoms with Crippen LogP contribution in [0.15, 0.2) is 6.07 Å². The third-order valence-electron chi connectivity index (χ3n) is 2.42. The predicted molar refractivity (Wildman–Crippen MR) is 60.3 cm³/mol. The van der Waals surface area contributed by atoms with Gasteiger partial charge in [0.2, 0.25) is 5.78 Å². The number of aromatic nitrogens is 2. The molecule has 0 fully saturated rings. The van der Waals surface area contributed by atoms with E-state index in [0.717, 1.165) is 13.0 Å². The molecule has 1 rings (SSSR count). The van der Waals surface area contributed by atoms with Gasteiger partial charge in [0, 0.05) is 25.7 Å². The molecule has 0 saturated heterocycles. The second kappa shape index (κ2) is 5.85. The Morgan fingerprint density at radius 2 is 2.05 bits per heavy atom. The first kappa shape index (κ1) is 15.2. The number of nitrogens with one attached hydrogen (secondary N) is 1. The van der Waals surface area contributed by atoms with Gasteiger partial charge in [0.25, 0.3) is 5.91 Å². The maximum Gasteiger partial charge on any atom is 0.435 e. The molecule has 19 heavy (non-hydrogen) atoms. The highest BCUT2D eigenvalue weighted by molar-refractivity contribution is 6.35. The first-order valence-electron chi connectivity index (χ1n) is 5.62. The zero-order chi connectivity index (χ0) is 14.6. The van der Waals surface area contributed by atoms with Crippen molar-refractivity contribution in [3.63, 3.8) is 0 Å². The van der Waals surface area contributed by atoms with E-state index in [0.29, 0.717) is 12.1 Å². The first-order chi connectivity index (χ1) is 8.71. The lowest BCUT2D eigenvalue weighted by Crippen LogP contribution is -2.30. The number of aryl methyl sites for hydroxylation is 2. The standard InChI is InChI=1S/C11H14F3N3O2/c1-7-6-9(11(12,13)14)16-17(7)5-3-4-15-10(19)8(2)18/h6H,3-5H2,1-2H3,(H,15,19). The van der Waals surface area contributed by atoms with Gasteiger partial charge in [-0.3, -0.25) is 14.3 Å². The fraction of sp³-hybridized carbons (Fsp3) is 0.545. The molecule has 0 spiro atoms. The molecule has 0 aliphatic heterocycles. The van der Waals surface area contributed by atoms with E-state index in [2.05, 4.69) is 10.4 Å². The number of alkyl halides is 3. The minimum Gasteiger partial charge on any atom is -0.349 e. The Morgan fingerprint density at radius 1 is 1.42 bits per heavy atom. The van der Waals surface area contributed by atoms with Crippen molar-refractivity contribution < 1.29 is 22.8 Å². The predicted octanol–water partition coefficient (Wildman–Crippen LogP) is 1.31. The second-order valence-corrected chi connectivity index (χ2v) is 4.06. The number of nitrogens with zero attached hydrogens (tertiary/aromatic N) is 2. The second-order valence-electron chi connectivity index (χ2n) is 4.06. The number of amides is 1. The zero-order valence-corrected chi connectivity index (χ0v) is 10.5. The van der Waals surface area contributed by atoms with Gasteiger partial charge in [0.1, 0.15) is 0 Å². The van der Waals surface area contributed by atoms with Gasteiger partial charge >= 0.3 is 6.18 Å². The summed E-state index contributed by atoms with van der Waals surface area (Å²) in [7, 11) is 0. The molecule has 0 radical (unpaired) electrons. The smallest absolute Gasteiger partial charge is 0.349 e. The van der Waals surface area contributed by atoms with Crippen molar-refractivity contribution in [1.82, 2.24) is 15.1 Å². The van der Waals surface area contributed by atoms with Gasteiger partial charge in [-0.25, -0.2) is 0 Å². The number of hydrogen-bond acceptors (Lipinski definition) is 3. The monoisotopic (exact) mass is 277 g/mol. The van der Waals surface area contributed by atoms with Crippen LogP contribution >= 0.6 is 0 Å². The molecule has 0 aliphatic rings. The summed E-state index contributed by atoms with van der Waals surface area (Å²) in [6.45, 7) is 3.11. The molecule has 0 bridgehead atoms. The van der Waals surface area contributed by atoms with Crippen molar-refractivity contribution in [1.29, 1.82) is 0 Å². The third-order valence-corrected chi connectivity index (χ3v) is 2.42. The minimum absolute atomic E-state index is 0.207. The average molecular weight is 277 g/mol. The van der Waals surface area contributed by atoms with Crippen LogP contribution in [0.1, 0.15) is 24.7 Å². The van der Waals surface area contributed by atoms with Gasteiger partial charge in [0.15, 0.2) is 5.69 Å². The van der Waals surface area contributed by atoms with Crippen molar-refractivity contribution >= 4 is 11.7 Å². The lowest BCUT2D eigenvalue weighted by molar-refractivity contribution is -0.141. The Labute approximate surface area is 107 Å². The zero-order valence-electron chi connectivity index (χ0n) is 10.5. The molecule has 1 N–H and O–H groups in total. The lowest BCUT2D eigenvalue weighted by atomic mass is 10.3. The topological polar surface area (TPSA) is 64.0 Å². The highest BCUT2D eigenvalue weighted by Crippen LogP contribution is 2.28. The molecule has 0 aliphatic carbocycles. The Kier molecular flexibility index (Phi) is 4.68. The van der Waals surface area contributed by atoms with Crippen LogP contribution in [-0.4, -0.2) is 28.0 Å². The third kappa shape index (κ3) is 4.38. The SMILES string of the molecule is CC(=O)C(=O)NCCCn1nc(C(F)(F)F)cc1C. The van der Waals surface area contributed by atoms with E-state index in [1.165, 1.54) is 11.6 Å². The molecular weight excluding hydrogens is 263 g/mol. The molecule has 1 amide bonds. The first-order valence-corrected chi connectivity index (χ1v) is 5.62. The fourth-order valence-electron chi connectivity index (χ4n) is 1.43. The van der Waals surface area contributed by atoms with Crippen LogP contribution in [0.25, 0.3) is 0 Å². The van der Waals surface area contributed by atoms with Gasteiger partial charge in [-0.15, -0.1) is 0 Å². The number of carbonyl (C=O) groups excluding carboxylic acids is 2. The van der Waals surface area contributed by atoms with Gasteiger partial charge in [-0.1, -0.05) is 0 Å². The molecule has 0 saturated carbocycles. The molecule has 106 valence electrons. The van der Waals surface area contributed by atoms with Crippen molar-refractivity contribution in [2.45, 2.75) is 33.0 Å². The molecular formula is C11H14F3N3O2. The van der Waals surface area contributed by atoms with Crippen LogP contribution in [-0.2, 0) is 22.3 Å². The average Bonchev–Trinajstić information content (AvgIpc) is 2.65. The normalized spacial score (nSPS) is 11.4. The summed E-state index contributed by atoms with van der Waals surface area (Å²) in [6, 6.07) is 0.966. The van der Waals surface area contributed by atoms with E-state index in [4.69, 9.17) is 0 Å². The summed E-state index contributed by atoms with van der Waals surface area (Å²) in [5, 5.41) is 5.80. The number of rotatable bonds is 5. The summed E-state index contributed by atoms with van der Waals surface area (Å²) >= 11 is 0. The maximum absolute atomic E-state index is 12.4. The highest BCUT2D eigenvalue weighted by atomic mass is 19.4. The number of hydrogen-bond donors (Lipinski definition) is 1. The molecule has 0 unspecified atom stereocenters. The Morgan fingerprint density at radius 3 is 2.53 bits per heavy atom. The quantitative estimate of drug-likeness (QED) is 0.652. The molecule has 0 aromatic carbocycles. The minimum atomic E-state index is -4.46. The Bertz CT molecular complexity index is 480. The summed E-state index contributed by atoms with van der Waals surface area (Å²) in [6.07, 6.45) is -4.07. The largest absolute Gasteiger partial charge is 0.435 e. The number of ketones is 1. The van der Waals surface area contributed by atoms with Crippen LogP contribution in [0.2, 0.25) is 0 Å². The molecule has 1 heterocycles. The van der Waals surface area contributed by atoms with Crippen molar-refractivity contribution in [2.24, 2.45) is 0 Å². The van der Waals surface area contributed by atoms with E-state index < -0.39 is 23.6 Å². The summed E-state index contributed by atoms with van der Waals surface area (Å²) in [5.41, 5.74) is -0.539. The van der Waals surface area contributed by atoms with Crippen LogP contribution in [0.5, 0.6) is 0 Å². The van der Waals surface area contributed by atoms with Crippen molar-refractivity contribution in [3.05, 3.63) is 17.5 Å². The summed E-state index contributed by atoms with van der Waals surface area (Å²) in [4.78, 5) is 21.5. The van der Waals surface area contributed by atoms with Crippen LogP contribution in [0, 0.1) is 6.92 Å². The van der Waals surface area contributed by atoms with Gasteiger partial charge < -0.3 is 5.32 Å². The molecule has 1 aromatic heterocycles. The maximum atomic E-state index is 12.4. The van der Waals surface area contributed by atoms with E-state index in [1.54, 1.807) is 0 Å². The molecule has 8 heteroatoms. The molecule has 5 nitrogen and oxygen atoms in total. The lowest BCUT2D eigenvalue weighted by Gasteiger charge is -2.05. The summed E-state index contributed by atoms with van der Waals surface area (Å²) in [5.74, 6) is -1.30. The van der Waals surface area contributed by atoms with E-state index in [1.807, 2.05) is 0 Å². The van der Waals surface area contributed by atoms with E-state index >= 15 is 0 Å². The van der Waals surface area contributed by atoms with Crippen LogP contribution < -0.4 is 5.32 Å². The van der Waals surface area contributed by atoms with E-state index in [9.17, 15) is 22.8 Å². The van der Waals surface area contributed by atoms with Crippen LogP contribution in [0.4, 0.5) is 13.2 Å². The van der Waals surface area contributed by atoms with Crippen molar-refractivity contribution in [2.75, 3.05) is 6.54 Å². The summed E-state index contributed by atoms with van der Waals surface area (Å²) < 4.78 is 38.4. The number of Topliss-reactive ketones (excluding diaryl/α,β-unsaturated/α-hetero) is 1. The molecule has 1 aromatic rings. The Hall–Kier alpha value is -1.86.